The average molecular weight is 393 g/mol. The summed E-state index contributed by atoms with van der Waals surface area (Å²) in [4.78, 5) is 14.5. The van der Waals surface area contributed by atoms with Crippen LogP contribution in [0.5, 0.6) is 0 Å². The lowest BCUT2D eigenvalue weighted by Crippen LogP contribution is -2.44. The normalized spacial score (nSPS) is 15.1. The highest BCUT2D eigenvalue weighted by Gasteiger charge is 2.29. The number of hydrogen-bond acceptors (Lipinski definition) is 1. The molecule has 0 aliphatic heterocycles. The number of carbonyl (C=O) groups is 1. The summed E-state index contributed by atoms with van der Waals surface area (Å²) in [5.41, 5.74) is 0.551. The van der Waals surface area contributed by atoms with Crippen LogP contribution >= 0.6 is 31.9 Å². The zero-order valence-electron chi connectivity index (χ0n) is 10.5. The molecule has 1 aromatic rings. The summed E-state index contributed by atoms with van der Waals surface area (Å²) >= 11 is 6.53. The van der Waals surface area contributed by atoms with Gasteiger partial charge in [-0.25, -0.2) is 4.39 Å². The number of benzene rings is 1. The van der Waals surface area contributed by atoms with Crippen LogP contribution in [0.2, 0.25) is 0 Å². The molecule has 0 saturated heterocycles. The van der Waals surface area contributed by atoms with Gasteiger partial charge in [0.25, 0.3) is 5.91 Å². The van der Waals surface area contributed by atoms with Crippen molar-refractivity contribution >= 4 is 37.8 Å². The largest absolute Gasteiger partial charge is 0.336 e. The maximum atomic E-state index is 13.2. The van der Waals surface area contributed by atoms with Gasteiger partial charge in [-0.3, -0.25) is 4.79 Å². The molecule has 104 valence electrons. The summed E-state index contributed by atoms with van der Waals surface area (Å²) < 4.78 is 13.6. The van der Waals surface area contributed by atoms with Crippen molar-refractivity contribution in [2.24, 2.45) is 0 Å². The van der Waals surface area contributed by atoms with E-state index in [1.165, 1.54) is 12.5 Å². The second-order valence-electron chi connectivity index (χ2n) is 4.75. The molecule has 0 spiro atoms. The standard InChI is InChI=1S/C14H16Br2FNO/c15-7-2-8-18(11-3-1-4-11)14(19)10-5-6-13(17)12(16)9-10/h5-6,9,11H,1-4,7-8H2. The van der Waals surface area contributed by atoms with Crippen LogP contribution in [-0.4, -0.2) is 28.7 Å². The smallest absolute Gasteiger partial charge is 0.254 e. The van der Waals surface area contributed by atoms with Crippen LogP contribution in [0, 0.1) is 5.82 Å². The summed E-state index contributed by atoms with van der Waals surface area (Å²) in [5.74, 6) is -0.335. The van der Waals surface area contributed by atoms with Crippen molar-refractivity contribution in [1.82, 2.24) is 4.90 Å². The number of halogens is 3. The second kappa shape index (κ2) is 6.84. The number of carbonyl (C=O) groups excluding carboxylic acids is 1. The summed E-state index contributed by atoms with van der Waals surface area (Å²) in [6.07, 6.45) is 4.28. The Morgan fingerprint density at radius 2 is 2.16 bits per heavy atom. The van der Waals surface area contributed by atoms with Gasteiger partial charge in [0.05, 0.1) is 4.47 Å². The van der Waals surface area contributed by atoms with Gasteiger partial charge in [-0.05, 0) is 59.8 Å². The third-order valence-corrected chi connectivity index (χ3v) is 4.64. The lowest BCUT2D eigenvalue weighted by molar-refractivity contribution is 0.0581. The molecule has 1 aliphatic carbocycles. The van der Waals surface area contributed by atoms with E-state index in [0.29, 0.717) is 16.1 Å². The maximum Gasteiger partial charge on any atom is 0.254 e. The van der Waals surface area contributed by atoms with Gasteiger partial charge in [0, 0.05) is 23.5 Å². The molecule has 0 atom stereocenters. The van der Waals surface area contributed by atoms with E-state index in [1.807, 2.05) is 4.90 Å². The van der Waals surface area contributed by atoms with Crippen molar-refractivity contribution in [2.75, 3.05) is 11.9 Å². The maximum absolute atomic E-state index is 13.2. The Kier molecular flexibility index (Phi) is 5.39. The Hall–Kier alpha value is -0.420. The first kappa shape index (κ1) is 15.0. The van der Waals surface area contributed by atoms with Crippen molar-refractivity contribution in [3.8, 4) is 0 Å². The molecule has 0 heterocycles. The van der Waals surface area contributed by atoms with Gasteiger partial charge >= 0.3 is 0 Å². The third-order valence-electron chi connectivity index (χ3n) is 3.48. The zero-order chi connectivity index (χ0) is 13.8. The quantitative estimate of drug-likeness (QED) is 0.681. The van der Waals surface area contributed by atoms with Crippen LogP contribution in [0.4, 0.5) is 4.39 Å². The minimum Gasteiger partial charge on any atom is -0.336 e. The summed E-state index contributed by atoms with van der Waals surface area (Å²) in [5, 5.41) is 0.886. The minimum absolute atomic E-state index is 0.00588. The zero-order valence-corrected chi connectivity index (χ0v) is 13.7. The van der Waals surface area contributed by atoms with Crippen molar-refractivity contribution in [3.63, 3.8) is 0 Å². The highest BCUT2D eigenvalue weighted by Crippen LogP contribution is 2.27. The molecule has 5 heteroatoms. The Bertz CT molecular complexity index is 463. The van der Waals surface area contributed by atoms with E-state index < -0.39 is 0 Å². The molecule has 1 aromatic carbocycles. The molecule has 0 bridgehead atoms. The topological polar surface area (TPSA) is 20.3 Å². The lowest BCUT2D eigenvalue weighted by Gasteiger charge is -2.37. The van der Waals surface area contributed by atoms with Crippen molar-refractivity contribution in [1.29, 1.82) is 0 Å². The highest BCUT2D eigenvalue weighted by molar-refractivity contribution is 9.10. The van der Waals surface area contributed by atoms with E-state index in [1.54, 1.807) is 12.1 Å². The van der Waals surface area contributed by atoms with E-state index in [4.69, 9.17) is 0 Å². The summed E-state index contributed by atoms with van der Waals surface area (Å²) in [7, 11) is 0. The number of amides is 1. The van der Waals surface area contributed by atoms with Gasteiger partial charge in [0.1, 0.15) is 5.82 Å². The van der Waals surface area contributed by atoms with Crippen LogP contribution in [0.25, 0.3) is 0 Å². The van der Waals surface area contributed by atoms with Crippen LogP contribution in [0.3, 0.4) is 0 Å². The van der Waals surface area contributed by atoms with Gasteiger partial charge in [0.15, 0.2) is 0 Å². The molecular weight excluding hydrogens is 377 g/mol. The van der Waals surface area contributed by atoms with Gasteiger partial charge < -0.3 is 4.90 Å². The van der Waals surface area contributed by atoms with E-state index >= 15 is 0 Å². The predicted molar refractivity (Wildman–Crippen MR) is 81.2 cm³/mol. The van der Waals surface area contributed by atoms with E-state index in [2.05, 4.69) is 31.9 Å². The summed E-state index contributed by atoms with van der Waals surface area (Å²) in [6.45, 7) is 0.754. The van der Waals surface area contributed by atoms with Gasteiger partial charge in [0.2, 0.25) is 0 Å². The SMILES string of the molecule is O=C(c1ccc(F)c(Br)c1)N(CCCBr)C1CCC1. The number of nitrogens with zero attached hydrogens (tertiary/aromatic N) is 1. The molecule has 1 amide bonds. The van der Waals surface area contributed by atoms with Crippen LogP contribution < -0.4 is 0 Å². The molecule has 1 saturated carbocycles. The Morgan fingerprint density at radius 3 is 2.68 bits per heavy atom. The summed E-state index contributed by atoms with van der Waals surface area (Å²) in [6, 6.07) is 4.82. The lowest BCUT2D eigenvalue weighted by atomic mass is 9.91. The third kappa shape index (κ3) is 3.57. The number of hydrogen-bond donors (Lipinski definition) is 0. The van der Waals surface area contributed by atoms with Gasteiger partial charge in [-0.1, -0.05) is 15.9 Å². The molecule has 2 rings (SSSR count). The molecule has 0 radical (unpaired) electrons. The highest BCUT2D eigenvalue weighted by atomic mass is 79.9. The minimum atomic E-state index is -0.341. The fourth-order valence-electron chi connectivity index (χ4n) is 2.17. The molecule has 0 aromatic heterocycles. The van der Waals surface area contributed by atoms with Crippen molar-refractivity contribution in [3.05, 3.63) is 34.1 Å². The van der Waals surface area contributed by atoms with Crippen molar-refractivity contribution < 1.29 is 9.18 Å². The first-order chi connectivity index (χ1) is 9.13. The van der Waals surface area contributed by atoms with E-state index in [-0.39, 0.29) is 11.7 Å². The first-order valence-electron chi connectivity index (χ1n) is 6.45. The molecule has 1 fully saturated rings. The predicted octanol–water partition coefficient (Wildman–Crippen LogP) is 4.37. The first-order valence-corrected chi connectivity index (χ1v) is 8.37. The Labute approximate surface area is 129 Å². The van der Waals surface area contributed by atoms with E-state index in [9.17, 15) is 9.18 Å². The monoisotopic (exact) mass is 391 g/mol. The van der Waals surface area contributed by atoms with Gasteiger partial charge in [-0.2, -0.15) is 0 Å². The molecule has 2 nitrogen and oxygen atoms in total. The van der Waals surface area contributed by atoms with Gasteiger partial charge in [-0.15, -0.1) is 0 Å². The van der Waals surface area contributed by atoms with Crippen molar-refractivity contribution in [2.45, 2.75) is 31.7 Å². The number of alkyl halides is 1. The second-order valence-corrected chi connectivity index (χ2v) is 6.40. The fourth-order valence-corrected chi connectivity index (χ4v) is 2.80. The van der Waals surface area contributed by atoms with Crippen LogP contribution in [0.1, 0.15) is 36.0 Å². The van der Waals surface area contributed by atoms with E-state index in [0.717, 1.165) is 31.1 Å². The Morgan fingerprint density at radius 1 is 1.42 bits per heavy atom. The van der Waals surface area contributed by atoms with Crippen LogP contribution in [-0.2, 0) is 0 Å². The molecule has 0 N–H and O–H groups in total. The molecule has 0 unspecified atom stereocenters. The fraction of sp³-hybridized carbons (Fsp3) is 0.500. The molecule has 1 aliphatic rings. The Balaban J connectivity index is 2.15. The molecule has 19 heavy (non-hydrogen) atoms. The number of rotatable bonds is 5. The van der Waals surface area contributed by atoms with Crippen LogP contribution in [0.15, 0.2) is 22.7 Å². The average Bonchev–Trinajstić information content (AvgIpc) is 2.34. The molecular formula is C14H16Br2FNO.